The van der Waals surface area contributed by atoms with E-state index in [9.17, 15) is 0 Å². The minimum absolute atomic E-state index is 0.0967. The van der Waals surface area contributed by atoms with Gasteiger partial charge in [-0.1, -0.05) is 17.7 Å². The molecule has 0 aliphatic heterocycles. The molecule has 2 nitrogen and oxygen atoms in total. The normalized spacial score (nSPS) is 11.3. The number of rotatable bonds is 5. The SMILES string of the molecule is CC(C)=CCOc1c(Br)cccc1CNC(C)(C)C. The average molecular weight is 326 g/mol. The summed E-state index contributed by atoms with van der Waals surface area (Å²) in [5.74, 6) is 0.928. The van der Waals surface area contributed by atoms with Crippen molar-refractivity contribution in [3.8, 4) is 5.75 Å². The molecule has 0 heterocycles. The molecular formula is C16H24BrNO. The van der Waals surface area contributed by atoms with Crippen LogP contribution in [0.1, 0.15) is 40.2 Å². The second-order valence-electron chi connectivity index (χ2n) is 5.92. The lowest BCUT2D eigenvalue weighted by Gasteiger charge is -2.22. The molecule has 0 aliphatic carbocycles. The van der Waals surface area contributed by atoms with Crippen LogP contribution in [0.4, 0.5) is 0 Å². The highest BCUT2D eigenvalue weighted by molar-refractivity contribution is 9.10. The van der Waals surface area contributed by atoms with Crippen LogP contribution in [0.25, 0.3) is 0 Å². The number of hydrogen-bond acceptors (Lipinski definition) is 2. The van der Waals surface area contributed by atoms with E-state index in [0.717, 1.165) is 16.8 Å². The highest BCUT2D eigenvalue weighted by atomic mass is 79.9. The van der Waals surface area contributed by atoms with Gasteiger partial charge in [0.05, 0.1) is 4.47 Å². The van der Waals surface area contributed by atoms with Crippen molar-refractivity contribution in [3.05, 3.63) is 39.9 Å². The number of hydrogen-bond donors (Lipinski definition) is 1. The lowest BCUT2D eigenvalue weighted by Crippen LogP contribution is -2.35. The number of ether oxygens (including phenoxy) is 1. The molecule has 1 N–H and O–H groups in total. The van der Waals surface area contributed by atoms with Crippen LogP contribution in [0.2, 0.25) is 0 Å². The van der Waals surface area contributed by atoms with Gasteiger partial charge in [0.2, 0.25) is 0 Å². The smallest absolute Gasteiger partial charge is 0.138 e. The largest absolute Gasteiger partial charge is 0.488 e. The topological polar surface area (TPSA) is 21.3 Å². The van der Waals surface area contributed by atoms with E-state index in [0.29, 0.717) is 6.61 Å². The lowest BCUT2D eigenvalue weighted by atomic mass is 10.1. The fourth-order valence-corrected chi connectivity index (χ4v) is 2.03. The van der Waals surface area contributed by atoms with E-state index >= 15 is 0 Å². The molecule has 0 saturated heterocycles. The summed E-state index contributed by atoms with van der Waals surface area (Å²) >= 11 is 3.56. The van der Waals surface area contributed by atoms with Gasteiger partial charge in [-0.2, -0.15) is 0 Å². The highest BCUT2D eigenvalue weighted by Gasteiger charge is 2.12. The Morgan fingerprint density at radius 3 is 2.58 bits per heavy atom. The molecule has 0 unspecified atom stereocenters. The number of allylic oxidation sites excluding steroid dienone is 1. The van der Waals surface area contributed by atoms with E-state index in [1.807, 2.05) is 12.1 Å². The van der Waals surface area contributed by atoms with E-state index in [1.165, 1.54) is 11.1 Å². The Kier molecular flexibility index (Phi) is 6.08. The van der Waals surface area contributed by atoms with Crippen molar-refractivity contribution in [2.45, 2.75) is 46.7 Å². The summed E-state index contributed by atoms with van der Waals surface area (Å²) < 4.78 is 6.88. The van der Waals surface area contributed by atoms with Crippen LogP contribution in [-0.4, -0.2) is 12.1 Å². The van der Waals surface area contributed by atoms with Crippen molar-refractivity contribution in [1.82, 2.24) is 5.32 Å². The molecule has 0 radical (unpaired) electrons. The predicted molar refractivity (Wildman–Crippen MR) is 85.7 cm³/mol. The number of para-hydroxylation sites is 1. The van der Waals surface area contributed by atoms with Gasteiger partial charge < -0.3 is 10.1 Å². The Hall–Kier alpha value is -0.800. The first-order valence-electron chi connectivity index (χ1n) is 6.58. The van der Waals surface area contributed by atoms with E-state index in [2.05, 4.69) is 68.0 Å². The summed E-state index contributed by atoms with van der Waals surface area (Å²) in [6, 6.07) is 6.15. The summed E-state index contributed by atoms with van der Waals surface area (Å²) in [6.07, 6.45) is 2.08. The molecule has 3 heteroatoms. The molecule has 0 atom stereocenters. The molecule has 0 spiro atoms. The molecule has 0 fully saturated rings. The molecular weight excluding hydrogens is 302 g/mol. The maximum absolute atomic E-state index is 5.88. The first kappa shape index (κ1) is 16.3. The van der Waals surface area contributed by atoms with Crippen LogP contribution < -0.4 is 10.1 Å². The lowest BCUT2D eigenvalue weighted by molar-refractivity contribution is 0.349. The quantitative estimate of drug-likeness (QED) is 0.793. The molecule has 1 rings (SSSR count). The minimum Gasteiger partial charge on any atom is -0.488 e. The monoisotopic (exact) mass is 325 g/mol. The number of benzene rings is 1. The third-order valence-corrected chi connectivity index (χ3v) is 3.20. The van der Waals surface area contributed by atoms with Gasteiger partial charge in [-0.3, -0.25) is 0 Å². The van der Waals surface area contributed by atoms with E-state index in [1.54, 1.807) is 0 Å². The molecule has 19 heavy (non-hydrogen) atoms. The second kappa shape index (κ2) is 7.11. The summed E-state index contributed by atoms with van der Waals surface area (Å²) in [6.45, 7) is 12.0. The van der Waals surface area contributed by atoms with Gasteiger partial charge >= 0.3 is 0 Å². The van der Waals surface area contributed by atoms with Gasteiger partial charge in [-0.05, 0) is 62.7 Å². The minimum atomic E-state index is 0.0967. The highest BCUT2D eigenvalue weighted by Crippen LogP contribution is 2.29. The summed E-state index contributed by atoms with van der Waals surface area (Å²) in [5.41, 5.74) is 2.53. The van der Waals surface area contributed by atoms with E-state index in [4.69, 9.17) is 4.74 Å². The number of nitrogens with one attached hydrogen (secondary N) is 1. The molecule has 0 saturated carbocycles. The van der Waals surface area contributed by atoms with Gasteiger partial charge in [0.15, 0.2) is 0 Å². The van der Waals surface area contributed by atoms with Crippen LogP contribution in [0, 0.1) is 0 Å². The molecule has 1 aromatic carbocycles. The van der Waals surface area contributed by atoms with Crippen molar-refractivity contribution < 1.29 is 4.74 Å². The van der Waals surface area contributed by atoms with Crippen LogP contribution >= 0.6 is 15.9 Å². The molecule has 0 amide bonds. The molecule has 0 aromatic heterocycles. The third-order valence-electron chi connectivity index (χ3n) is 2.58. The third kappa shape index (κ3) is 6.26. The van der Waals surface area contributed by atoms with Gasteiger partial charge in [0, 0.05) is 17.6 Å². The van der Waals surface area contributed by atoms with E-state index < -0.39 is 0 Å². The van der Waals surface area contributed by atoms with Crippen LogP contribution in [0.5, 0.6) is 5.75 Å². The average Bonchev–Trinajstić information content (AvgIpc) is 2.27. The van der Waals surface area contributed by atoms with Crippen LogP contribution in [0.3, 0.4) is 0 Å². The Balaban J connectivity index is 2.80. The second-order valence-corrected chi connectivity index (χ2v) is 6.78. The maximum atomic E-state index is 5.88. The summed E-state index contributed by atoms with van der Waals surface area (Å²) in [5, 5.41) is 3.49. The van der Waals surface area contributed by atoms with Crippen LogP contribution in [-0.2, 0) is 6.54 Å². The van der Waals surface area contributed by atoms with E-state index in [-0.39, 0.29) is 5.54 Å². The zero-order valence-electron chi connectivity index (χ0n) is 12.5. The van der Waals surface area contributed by atoms with Crippen molar-refractivity contribution in [3.63, 3.8) is 0 Å². The zero-order chi connectivity index (χ0) is 14.5. The van der Waals surface area contributed by atoms with Crippen LogP contribution in [0.15, 0.2) is 34.3 Å². The van der Waals surface area contributed by atoms with Gasteiger partial charge in [-0.15, -0.1) is 0 Å². The van der Waals surface area contributed by atoms with Gasteiger partial charge in [0.25, 0.3) is 0 Å². The van der Waals surface area contributed by atoms with Gasteiger partial charge in [-0.25, -0.2) is 0 Å². The Bertz CT molecular complexity index is 443. The number of halogens is 1. The Morgan fingerprint density at radius 2 is 2.00 bits per heavy atom. The molecule has 106 valence electrons. The fraction of sp³-hybridized carbons (Fsp3) is 0.500. The molecule has 1 aromatic rings. The van der Waals surface area contributed by atoms with Crippen molar-refractivity contribution in [2.75, 3.05) is 6.61 Å². The molecule has 0 bridgehead atoms. The molecule has 0 aliphatic rings. The van der Waals surface area contributed by atoms with Crippen molar-refractivity contribution >= 4 is 15.9 Å². The van der Waals surface area contributed by atoms with Crippen molar-refractivity contribution in [2.24, 2.45) is 0 Å². The zero-order valence-corrected chi connectivity index (χ0v) is 14.1. The Labute approximate surface area is 125 Å². The maximum Gasteiger partial charge on any atom is 0.138 e. The van der Waals surface area contributed by atoms with Crippen molar-refractivity contribution in [1.29, 1.82) is 0 Å². The summed E-state index contributed by atoms with van der Waals surface area (Å²) in [7, 11) is 0. The predicted octanol–water partition coefficient (Wildman–Crippen LogP) is 4.68. The Morgan fingerprint density at radius 1 is 1.32 bits per heavy atom. The standard InChI is InChI=1S/C16H24BrNO/c1-12(2)9-10-19-15-13(7-6-8-14(15)17)11-18-16(3,4)5/h6-9,18H,10-11H2,1-5H3. The van der Waals surface area contributed by atoms with Gasteiger partial charge in [0.1, 0.15) is 12.4 Å². The first-order chi connectivity index (χ1) is 8.79. The summed E-state index contributed by atoms with van der Waals surface area (Å²) in [4.78, 5) is 0. The fourth-order valence-electron chi connectivity index (χ4n) is 1.51. The first-order valence-corrected chi connectivity index (χ1v) is 7.37.